The molecule has 3 N–H and O–H groups in total. The first-order chi connectivity index (χ1) is 9.60. The van der Waals surface area contributed by atoms with E-state index < -0.39 is 0 Å². The number of pyridine rings is 1. The minimum atomic E-state index is -0.0760. The quantitative estimate of drug-likeness (QED) is 0.830. The topological polar surface area (TPSA) is 71.2 Å². The van der Waals surface area contributed by atoms with E-state index in [4.69, 9.17) is 17.3 Å². The van der Waals surface area contributed by atoms with Crippen LogP contribution in [0.1, 0.15) is 19.8 Å². The second kappa shape index (κ2) is 7.02. The lowest BCUT2D eigenvalue weighted by Crippen LogP contribution is -2.49. The molecule has 0 bridgehead atoms. The van der Waals surface area contributed by atoms with Gasteiger partial charge in [0.2, 0.25) is 5.91 Å². The van der Waals surface area contributed by atoms with Gasteiger partial charge in [-0.3, -0.25) is 9.69 Å². The summed E-state index contributed by atoms with van der Waals surface area (Å²) in [4.78, 5) is 18.2. The highest BCUT2D eigenvalue weighted by Gasteiger charge is 2.26. The maximum absolute atomic E-state index is 12.1. The molecule has 2 unspecified atom stereocenters. The summed E-state index contributed by atoms with van der Waals surface area (Å²) in [5.74, 6) is 0.600. The number of anilines is 1. The Morgan fingerprint density at radius 2 is 2.45 bits per heavy atom. The monoisotopic (exact) mass is 296 g/mol. The lowest BCUT2D eigenvalue weighted by molar-refractivity contribution is -0.118. The number of nitrogens with zero attached hydrogens (tertiary/aromatic N) is 2. The van der Waals surface area contributed by atoms with Crippen molar-refractivity contribution in [1.82, 2.24) is 9.88 Å². The predicted octanol–water partition coefficient (Wildman–Crippen LogP) is 1.73. The lowest BCUT2D eigenvalue weighted by atomic mass is 9.92. The van der Waals surface area contributed by atoms with E-state index in [0.29, 0.717) is 29.8 Å². The third-order valence-corrected chi connectivity index (χ3v) is 4.05. The highest BCUT2D eigenvalue weighted by atomic mass is 35.5. The Kier molecular flexibility index (Phi) is 5.34. The Morgan fingerprint density at radius 3 is 3.15 bits per heavy atom. The van der Waals surface area contributed by atoms with Crippen molar-refractivity contribution < 1.29 is 4.79 Å². The zero-order chi connectivity index (χ0) is 14.5. The van der Waals surface area contributed by atoms with Crippen LogP contribution in [0.25, 0.3) is 0 Å². The van der Waals surface area contributed by atoms with Crippen molar-refractivity contribution in [3.63, 3.8) is 0 Å². The molecule has 1 amide bonds. The van der Waals surface area contributed by atoms with E-state index >= 15 is 0 Å². The van der Waals surface area contributed by atoms with Gasteiger partial charge >= 0.3 is 0 Å². The van der Waals surface area contributed by atoms with Crippen LogP contribution in [0.5, 0.6) is 0 Å². The van der Waals surface area contributed by atoms with Crippen molar-refractivity contribution in [2.45, 2.75) is 25.8 Å². The van der Waals surface area contributed by atoms with E-state index in [0.717, 1.165) is 19.4 Å². The molecule has 1 aliphatic heterocycles. The number of rotatable bonds is 4. The highest BCUT2D eigenvalue weighted by molar-refractivity contribution is 6.32. The zero-order valence-electron chi connectivity index (χ0n) is 11.7. The number of halogens is 1. The summed E-state index contributed by atoms with van der Waals surface area (Å²) in [6, 6.07) is 3.77. The second-order valence-electron chi connectivity index (χ2n) is 5.38. The number of nitrogens with two attached hydrogens (primary N) is 1. The average Bonchev–Trinajstić information content (AvgIpc) is 2.43. The first kappa shape index (κ1) is 15.2. The molecule has 2 heterocycles. The molecule has 20 heavy (non-hydrogen) atoms. The number of carbonyl (C=O) groups is 1. The number of piperidine rings is 1. The van der Waals surface area contributed by atoms with Gasteiger partial charge in [-0.05, 0) is 37.4 Å². The Hall–Kier alpha value is -1.17. The van der Waals surface area contributed by atoms with E-state index in [9.17, 15) is 4.79 Å². The van der Waals surface area contributed by atoms with Crippen molar-refractivity contribution in [2.75, 3.05) is 25.0 Å². The molecule has 0 spiro atoms. The van der Waals surface area contributed by atoms with Gasteiger partial charge in [-0.2, -0.15) is 0 Å². The van der Waals surface area contributed by atoms with Gasteiger partial charge in [-0.15, -0.1) is 0 Å². The van der Waals surface area contributed by atoms with Crippen molar-refractivity contribution in [3.8, 4) is 0 Å². The number of aromatic nitrogens is 1. The molecular formula is C14H21ClN4O. The molecule has 5 nitrogen and oxygen atoms in total. The van der Waals surface area contributed by atoms with Gasteiger partial charge < -0.3 is 11.1 Å². The maximum Gasteiger partial charge on any atom is 0.238 e. The number of carbonyl (C=O) groups excluding carboxylic acids is 1. The van der Waals surface area contributed by atoms with Gasteiger partial charge in [0.1, 0.15) is 0 Å². The molecule has 2 atom stereocenters. The summed E-state index contributed by atoms with van der Waals surface area (Å²) in [5, 5.41) is 3.11. The summed E-state index contributed by atoms with van der Waals surface area (Å²) >= 11 is 5.93. The lowest BCUT2D eigenvalue weighted by Gasteiger charge is -2.37. The largest absolute Gasteiger partial charge is 0.329 e. The maximum atomic E-state index is 12.1. The van der Waals surface area contributed by atoms with Crippen LogP contribution < -0.4 is 11.1 Å². The number of likely N-dealkylation sites (tertiary alicyclic amines) is 1. The zero-order valence-corrected chi connectivity index (χ0v) is 12.4. The summed E-state index contributed by atoms with van der Waals surface area (Å²) in [5.41, 5.74) is 6.35. The van der Waals surface area contributed by atoms with E-state index in [1.807, 2.05) is 0 Å². The van der Waals surface area contributed by atoms with Gasteiger partial charge in [0.05, 0.1) is 12.2 Å². The summed E-state index contributed by atoms with van der Waals surface area (Å²) in [6.45, 7) is 4.08. The van der Waals surface area contributed by atoms with Crippen LogP contribution in [0.2, 0.25) is 5.15 Å². The van der Waals surface area contributed by atoms with Crippen LogP contribution in [0.15, 0.2) is 18.3 Å². The van der Waals surface area contributed by atoms with E-state index in [1.54, 1.807) is 18.3 Å². The Bertz CT molecular complexity index is 468. The molecule has 0 saturated carbocycles. The minimum Gasteiger partial charge on any atom is -0.329 e. The van der Waals surface area contributed by atoms with Crippen molar-refractivity contribution in [3.05, 3.63) is 23.5 Å². The molecule has 1 aromatic heterocycles. The number of hydrogen-bond donors (Lipinski definition) is 2. The van der Waals surface area contributed by atoms with E-state index in [2.05, 4.69) is 22.1 Å². The standard InChI is InChI=1S/C14H21ClN4O/c1-10-4-6-19(11(7-10)8-16)9-13(20)18-12-3-2-5-17-14(12)15/h2-3,5,10-11H,4,6-9,16H2,1H3,(H,18,20). The summed E-state index contributed by atoms with van der Waals surface area (Å²) in [6.07, 6.45) is 3.75. The smallest absolute Gasteiger partial charge is 0.238 e. The molecule has 0 aliphatic carbocycles. The SMILES string of the molecule is CC1CCN(CC(=O)Nc2cccnc2Cl)C(CN)C1. The molecule has 1 fully saturated rings. The third-order valence-electron chi connectivity index (χ3n) is 3.75. The van der Waals surface area contributed by atoms with Crippen LogP contribution in [0.3, 0.4) is 0 Å². The number of amides is 1. The molecule has 0 radical (unpaired) electrons. The van der Waals surface area contributed by atoms with E-state index in [-0.39, 0.29) is 11.9 Å². The van der Waals surface area contributed by atoms with E-state index in [1.165, 1.54) is 0 Å². The van der Waals surface area contributed by atoms with Crippen LogP contribution >= 0.6 is 11.6 Å². The van der Waals surface area contributed by atoms with Crippen LogP contribution in [0, 0.1) is 5.92 Å². The van der Waals surface area contributed by atoms with Crippen LogP contribution in [-0.2, 0) is 4.79 Å². The van der Waals surface area contributed by atoms with Gasteiger partial charge in [0.25, 0.3) is 0 Å². The first-order valence-corrected chi connectivity index (χ1v) is 7.32. The fraction of sp³-hybridized carbons (Fsp3) is 0.571. The fourth-order valence-corrected chi connectivity index (χ4v) is 2.77. The van der Waals surface area contributed by atoms with Crippen molar-refractivity contribution in [1.29, 1.82) is 0 Å². The normalized spacial score (nSPS) is 23.6. The van der Waals surface area contributed by atoms with Crippen molar-refractivity contribution >= 4 is 23.2 Å². The van der Waals surface area contributed by atoms with Crippen LogP contribution in [-0.4, -0.2) is 41.5 Å². The molecular weight excluding hydrogens is 276 g/mol. The first-order valence-electron chi connectivity index (χ1n) is 6.94. The molecule has 1 aliphatic rings. The molecule has 110 valence electrons. The highest BCUT2D eigenvalue weighted by Crippen LogP contribution is 2.22. The average molecular weight is 297 g/mol. The predicted molar refractivity (Wildman–Crippen MR) is 80.7 cm³/mol. The molecule has 0 aromatic carbocycles. The fourth-order valence-electron chi connectivity index (χ4n) is 2.61. The molecule has 1 saturated heterocycles. The Labute approximate surface area is 124 Å². The Morgan fingerprint density at radius 1 is 1.65 bits per heavy atom. The second-order valence-corrected chi connectivity index (χ2v) is 5.74. The molecule has 6 heteroatoms. The van der Waals surface area contributed by atoms with Crippen LogP contribution in [0.4, 0.5) is 5.69 Å². The molecule has 1 aromatic rings. The van der Waals surface area contributed by atoms with Gasteiger partial charge in [-0.25, -0.2) is 4.98 Å². The number of hydrogen-bond acceptors (Lipinski definition) is 4. The van der Waals surface area contributed by atoms with Gasteiger partial charge in [0.15, 0.2) is 5.15 Å². The summed E-state index contributed by atoms with van der Waals surface area (Å²) in [7, 11) is 0. The Balaban J connectivity index is 1.92. The van der Waals surface area contributed by atoms with Crippen molar-refractivity contribution in [2.24, 2.45) is 11.7 Å². The minimum absolute atomic E-state index is 0.0760. The third kappa shape index (κ3) is 3.91. The number of nitrogens with one attached hydrogen (secondary N) is 1. The molecule has 2 rings (SSSR count). The van der Waals surface area contributed by atoms with Gasteiger partial charge in [0, 0.05) is 18.8 Å². The summed E-state index contributed by atoms with van der Waals surface area (Å²) < 4.78 is 0. The van der Waals surface area contributed by atoms with Gasteiger partial charge in [-0.1, -0.05) is 18.5 Å².